The summed E-state index contributed by atoms with van der Waals surface area (Å²) in [4.78, 5) is 18.3. The Bertz CT molecular complexity index is 671. The van der Waals surface area contributed by atoms with Crippen LogP contribution in [0.25, 0.3) is 11.4 Å². The number of aromatic nitrogens is 4. The van der Waals surface area contributed by atoms with Gasteiger partial charge in [0.1, 0.15) is 5.69 Å². The standard InChI is InChI=1S/C17H21N5O/c1-2-3-7-17(23)21-11-8-14(9-12-21)22-13-16(19-20-22)15-6-4-5-10-18-15/h2-6,10,13-14H,7-9,11-12H2,1H3. The Labute approximate surface area is 135 Å². The van der Waals surface area contributed by atoms with Gasteiger partial charge in [-0.25, -0.2) is 4.68 Å². The Morgan fingerprint density at radius 3 is 2.83 bits per heavy atom. The molecule has 3 heterocycles. The topological polar surface area (TPSA) is 63.9 Å². The molecule has 0 spiro atoms. The molecule has 1 saturated heterocycles. The molecule has 1 aliphatic rings. The second kappa shape index (κ2) is 7.17. The van der Waals surface area contributed by atoms with Gasteiger partial charge in [-0.05, 0) is 31.9 Å². The van der Waals surface area contributed by atoms with Crippen molar-refractivity contribution >= 4 is 5.91 Å². The van der Waals surface area contributed by atoms with Crippen LogP contribution in [-0.4, -0.2) is 43.9 Å². The molecule has 0 aromatic carbocycles. The molecule has 0 unspecified atom stereocenters. The highest BCUT2D eigenvalue weighted by atomic mass is 16.2. The van der Waals surface area contributed by atoms with E-state index in [1.54, 1.807) is 6.20 Å². The highest BCUT2D eigenvalue weighted by molar-refractivity contribution is 5.77. The van der Waals surface area contributed by atoms with E-state index in [1.165, 1.54) is 0 Å². The highest BCUT2D eigenvalue weighted by Gasteiger charge is 2.24. The highest BCUT2D eigenvalue weighted by Crippen LogP contribution is 2.23. The fourth-order valence-corrected chi connectivity index (χ4v) is 2.81. The fourth-order valence-electron chi connectivity index (χ4n) is 2.81. The fraction of sp³-hybridized carbons (Fsp3) is 0.412. The summed E-state index contributed by atoms with van der Waals surface area (Å²) in [5.74, 6) is 0.203. The molecule has 0 atom stereocenters. The number of carbonyl (C=O) groups is 1. The van der Waals surface area contributed by atoms with Crippen molar-refractivity contribution in [2.75, 3.05) is 13.1 Å². The first kappa shape index (κ1) is 15.4. The molecule has 1 fully saturated rings. The lowest BCUT2D eigenvalue weighted by atomic mass is 10.0. The molecule has 6 nitrogen and oxygen atoms in total. The lowest BCUT2D eigenvalue weighted by Crippen LogP contribution is -2.38. The van der Waals surface area contributed by atoms with E-state index in [0.29, 0.717) is 12.5 Å². The first-order chi connectivity index (χ1) is 11.3. The van der Waals surface area contributed by atoms with Crippen LogP contribution in [0.4, 0.5) is 0 Å². The first-order valence-electron chi connectivity index (χ1n) is 8.00. The van der Waals surface area contributed by atoms with Gasteiger partial charge >= 0.3 is 0 Å². The zero-order valence-corrected chi connectivity index (χ0v) is 13.3. The summed E-state index contributed by atoms with van der Waals surface area (Å²) in [5, 5.41) is 8.46. The Kier molecular flexibility index (Phi) is 4.80. The number of likely N-dealkylation sites (tertiary alicyclic amines) is 1. The molecule has 1 amide bonds. The Morgan fingerprint density at radius 1 is 1.30 bits per heavy atom. The quantitative estimate of drug-likeness (QED) is 0.814. The maximum Gasteiger partial charge on any atom is 0.226 e. The van der Waals surface area contributed by atoms with Crippen LogP contribution < -0.4 is 0 Å². The summed E-state index contributed by atoms with van der Waals surface area (Å²) in [6.07, 6.45) is 9.84. The van der Waals surface area contributed by atoms with E-state index >= 15 is 0 Å². The predicted molar refractivity (Wildman–Crippen MR) is 87.5 cm³/mol. The lowest BCUT2D eigenvalue weighted by molar-refractivity contribution is -0.131. The summed E-state index contributed by atoms with van der Waals surface area (Å²) >= 11 is 0. The molecule has 2 aromatic rings. The van der Waals surface area contributed by atoms with E-state index in [2.05, 4.69) is 15.3 Å². The molecule has 2 aromatic heterocycles. The van der Waals surface area contributed by atoms with Crippen LogP contribution in [-0.2, 0) is 4.79 Å². The van der Waals surface area contributed by atoms with Gasteiger partial charge in [-0.15, -0.1) is 5.10 Å². The van der Waals surface area contributed by atoms with Gasteiger partial charge in [-0.3, -0.25) is 9.78 Å². The zero-order valence-electron chi connectivity index (χ0n) is 13.3. The van der Waals surface area contributed by atoms with Crippen molar-refractivity contribution in [3.8, 4) is 11.4 Å². The van der Waals surface area contributed by atoms with Crippen molar-refractivity contribution in [1.82, 2.24) is 24.9 Å². The van der Waals surface area contributed by atoms with Crippen molar-refractivity contribution in [2.24, 2.45) is 0 Å². The van der Waals surface area contributed by atoms with Crippen LogP contribution in [0.3, 0.4) is 0 Å². The summed E-state index contributed by atoms with van der Waals surface area (Å²) in [6, 6.07) is 6.05. The van der Waals surface area contributed by atoms with Crippen molar-refractivity contribution in [2.45, 2.75) is 32.2 Å². The predicted octanol–water partition coefficient (Wildman–Crippen LogP) is 2.47. The number of amides is 1. The number of hydrogen-bond donors (Lipinski definition) is 0. The lowest BCUT2D eigenvalue weighted by Gasteiger charge is -2.31. The van der Waals surface area contributed by atoms with E-state index in [1.807, 2.05) is 53.1 Å². The maximum atomic E-state index is 12.0. The summed E-state index contributed by atoms with van der Waals surface area (Å²) in [5.41, 5.74) is 1.62. The molecule has 6 heteroatoms. The molecule has 23 heavy (non-hydrogen) atoms. The summed E-state index contributed by atoms with van der Waals surface area (Å²) in [7, 11) is 0. The molecule has 0 aliphatic carbocycles. The molecule has 1 aliphatic heterocycles. The Hall–Kier alpha value is -2.50. The molecular formula is C17H21N5O. The van der Waals surface area contributed by atoms with Crippen LogP contribution in [0.2, 0.25) is 0 Å². The van der Waals surface area contributed by atoms with E-state index < -0.39 is 0 Å². The summed E-state index contributed by atoms with van der Waals surface area (Å²) < 4.78 is 1.91. The largest absolute Gasteiger partial charge is 0.342 e. The minimum atomic E-state index is 0.203. The van der Waals surface area contributed by atoms with Crippen molar-refractivity contribution in [3.63, 3.8) is 0 Å². The van der Waals surface area contributed by atoms with Gasteiger partial charge in [-0.2, -0.15) is 0 Å². The van der Waals surface area contributed by atoms with E-state index in [4.69, 9.17) is 0 Å². The number of rotatable bonds is 4. The van der Waals surface area contributed by atoms with Gasteiger partial charge in [0.05, 0.1) is 17.9 Å². The van der Waals surface area contributed by atoms with Crippen LogP contribution in [0.5, 0.6) is 0 Å². The molecule has 0 bridgehead atoms. The maximum absolute atomic E-state index is 12.0. The minimum Gasteiger partial charge on any atom is -0.342 e. The van der Waals surface area contributed by atoms with Gasteiger partial charge in [-0.1, -0.05) is 23.4 Å². The normalized spacial score (nSPS) is 16.1. The number of hydrogen-bond acceptors (Lipinski definition) is 4. The minimum absolute atomic E-state index is 0.203. The number of allylic oxidation sites excluding steroid dienone is 1. The molecule has 3 rings (SSSR count). The molecular weight excluding hydrogens is 290 g/mol. The van der Waals surface area contributed by atoms with Crippen molar-refractivity contribution < 1.29 is 4.79 Å². The van der Waals surface area contributed by atoms with Gasteiger partial charge < -0.3 is 4.90 Å². The molecule has 0 N–H and O–H groups in total. The Morgan fingerprint density at radius 2 is 2.13 bits per heavy atom. The third-order valence-corrected chi connectivity index (χ3v) is 4.16. The number of nitrogens with zero attached hydrogens (tertiary/aromatic N) is 5. The first-order valence-corrected chi connectivity index (χ1v) is 8.00. The number of piperidine rings is 1. The average molecular weight is 311 g/mol. The van der Waals surface area contributed by atoms with Crippen molar-refractivity contribution in [3.05, 3.63) is 42.7 Å². The molecule has 120 valence electrons. The third-order valence-electron chi connectivity index (χ3n) is 4.16. The second-order valence-corrected chi connectivity index (χ2v) is 5.68. The Balaban J connectivity index is 1.60. The van der Waals surface area contributed by atoms with Gasteiger partial charge in [0.15, 0.2) is 0 Å². The van der Waals surface area contributed by atoms with Gasteiger partial charge in [0.25, 0.3) is 0 Å². The third kappa shape index (κ3) is 3.64. The number of pyridine rings is 1. The molecule has 0 saturated carbocycles. The van der Waals surface area contributed by atoms with E-state index in [-0.39, 0.29) is 5.91 Å². The monoisotopic (exact) mass is 311 g/mol. The van der Waals surface area contributed by atoms with E-state index in [0.717, 1.165) is 37.3 Å². The van der Waals surface area contributed by atoms with Gasteiger partial charge in [0, 0.05) is 25.7 Å². The van der Waals surface area contributed by atoms with Crippen LogP contribution in [0.1, 0.15) is 32.2 Å². The second-order valence-electron chi connectivity index (χ2n) is 5.68. The molecule has 0 radical (unpaired) electrons. The van der Waals surface area contributed by atoms with Crippen molar-refractivity contribution in [1.29, 1.82) is 0 Å². The van der Waals surface area contributed by atoms with Crippen LogP contribution in [0, 0.1) is 0 Å². The SMILES string of the molecule is CC=CCC(=O)N1CCC(n2cc(-c3ccccn3)nn2)CC1. The zero-order chi connectivity index (χ0) is 16.1. The van der Waals surface area contributed by atoms with Crippen LogP contribution in [0.15, 0.2) is 42.7 Å². The average Bonchev–Trinajstić information content (AvgIpc) is 3.11. The number of carbonyl (C=O) groups excluding carboxylic acids is 1. The summed E-state index contributed by atoms with van der Waals surface area (Å²) in [6.45, 7) is 3.49. The van der Waals surface area contributed by atoms with Gasteiger partial charge in [0.2, 0.25) is 5.91 Å². The van der Waals surface area contributed by atoms with E-state index in [9.17, 15) is 4.79 Å². The van der Waals surface area contributed by atoms with Crippen LogP contribution >= 0.6 is 0 Å². The smallest absolute Gasteiger partial charge is 0.226 e.